The first-order chi connectivity index (χ1) is 7.07. The molecule has 1 unspecified atom stereocenters. The Labute approximate surface area is 92.7 Å². The van der Waals surface area contributed by atoms with Gasteiger partial charge in [-0.15, -0.1) is 0 Å². The highest BCUT2D eigenvalue weighted by Gasteiger charge is 2.39. The van der Waals surface area contributed by atoms with Crippen molar-refractivity contribution in [1.29, 1.82) is 0 Å². The maximum absolute atomic E-state index is 5.88. The van der Waals surface area contributed by atoms with Crippen LogP contribution in [0.5, 0.6) is 0 Å². The number of rotatable bonds is 7. The molecule has 15 heavy (non-hydrogen) atoms. The van der Waals surface area contributed by atoms with E-state index < -0.39 is 0 Å². The summed E-state index contributed by atoms with van der Waals surface area (Å²) in [6.45, 7) is 2.81. The summed E-state index contributed by atoms with van der Waals surface area (Å²) in [6, 6.07) is 0.702. The molecule has 1 aliphatic rings. The second kappa shape index (κ2) is 5.25. The lowest BCUT2D eigenvalue weighted by Gasteiger charge is -2.40. The molecule has 1 rings (SSSR count). The Morgan fingerprint density at radius 2 is 1.93 bits per heavy atom. The van der Waals surface area contributed by atoms with Crippen molar-refractivity contribution in [1.82, 2.24) is 4.90 Å². The standard InChI is InChI=1S/C11H24N2O2/c1-11(8-12,7-10(14-3)15-4)13(2)9-5-6-9/h9-10H,5-8,12H2,1-4H3. The highest BCUT2D eigenvalue weighted by Crippen LogP contribution is 2.33. The maximum Gasteiger partial charge on any atom is 0.158 e. The number of nitrogens with zero attached hydrogens (tertiary/aromatic N) is 1. The van der Waals surface area contributed by atoms with E-state index in [1.807, 2.05) is 0 Å². The first kappa shape index (κ1) is 12.9. The third kappa shape index (κ3) is 3.14. The predicted octanol–water partition coefficient (Wildman–Crippen LogP) is 0.807. The molecular weight excluding hydrogens is 192 g/mol. The van der Waals surface area contributed by atoms with Crippen molar-refractivity contribution in [3.8, 4) is 0 Å². The summed E-state index contributed by atoms with van der Waals surface area (Å²) in [5.41, 5.74) is 5.85. The fourth-order valence-electron chi connectivity index (χ4n) is 1.90. The second-order valence-corrected chi connectivity index (χ2v) is 4.65. The van der Waals surface area contributed by atoms with Crippen molar-refractivity contribution < 1.29 is 9.47 Å². The minimum absolute atomic E-state index is 0.0299. The predicted molar refractivity (Wildman–Crippen MR) is 60.7 cm³/mol. The minimum atomic E-state index is -0.167. The number of hydrogen-bond acceptors (Lipinski definition) is 4. The molecule has 4 heteroatoms. The van der Waals surface area contributed by atoms with Gasteiger partial charge >= 0.3 is 0 Å². The van der Waals surface area contributed by atoms with Gasteiger partial charge in [-0.2, -0.15) is 0 Å². The van der Waals surface area contributed by atoms with Crippen molar-refractivity contribution in [2.45, 2.75) is 44.1 Å². The van der Waals surface area contributed by atoms with E-state index in [0.29, 0.717) is 12.6 Å². The van der Waals surface area contributed by atoms with Crippen molar-refractivity contribution in [2.24, 2.45) is 5.73 Å². The van der Waals surface area contributed by atoms with E-state index in [-0.39, 0.29) is 11.8 Å². The molecule has 0 aromatic rings. The van der Waals surface area contributed by atoms with Gasteiger partial charge in [-0.3, -0.25) is 4.90 Å². The number of hydrogen-bond donors (Lipinski definition) is 1. The van der Waals surface area contributed by atoms with E-state index in [1.54, 1.807) is 14.2 Å². The van der Waals surface area contributed by atoms with Crippen molar-refractivity contribution in [3.63, 3.8) is 0 Å². The second-order valence-electron chi connectivity index (χ2n) is 4.65. The van der Waals surface area contributed by atoms with Crippen LogP contribution in [0.15, 0.2) is 0 Å². The van der Waals surface area contributed by atoms with Crippen LogP contribution in [0.1, 0.15) is 26.2 Å². The molecule has 0 aromatic carbocycles. The fraction of sp³-hybridized carbons (Fsp3) is 1.00. The van der Waals surface area contributed by atoms with Crippen LogP contribution in [0, 0.1) is 0 Å². The van der Waals surface area contributed by atoms with Crippen LogP contribution in [0.2, 0.25) is 0 Å². The van der Waals surface area contributed by atoms with Crippen LogP contribution in [0.25, 0.3) is 0 Å². The quantitative estimate of drug-likeness (QED) is 0.640. The Morgan fingerprint density at radius 1 is 1.40 bits per heavy atom. The van der Waals surface area contributed by atoms with E-state index >= 15 is 0 Å². The molecule has 0 bridgehead atoms. The first-order valence-electron chi connectivity index (χ1n) is 5.56. The van der Waals surface area contributed by atoms with E-state index in [2.05, 4.69) is 18.9 Å². The molecule has 1 saturated carbocycles. The smallest absolute Gasteiger partial charge is 0.158 e. The van der Waals surface area contributed by atoms with E-state index in [1.165, 1.54) is 12.8 Å². The average molecular weight is 216 g/mol. The van der Waals surface area contributed by atoms with Crippen molar-refractivity contribution >= 4 is 0 Å². The molecule has 0 saturated heterocycles. The molecule has 0 spiro atoms. The number of nitrogens with two attached hydrogens (primary N) is 1. The van der Waals surface area contributed by atoms with Crippen LogP contribution >= 0.6 is 0 Å². The molecular formula is C11H24N2O2. The van der Waals surface area contributed by atoms with Gasteiger partial charge in [-0.1, -0.05) is 0 Å². The maximum atomic E-state index is 5.88. The van der Waals surface area contributed by atoms with Gasteiger partial charge in [0.05, 0.1) is 0 Å². The van der Waals surface area contributed by atoms with E-state index in [4.69, 9.17) is 15.2 Å². The van der Waals surface area contributed by atoms with Crippen LogP contribution < -0.4 is 5.73 Å². The van der Waals surface area contributed by atoms with Crippen LogP contribution in [0.4, 0.5) is 0 Å². The van der Waals surface area contributed by atoms with Gasteiger partial charge in [0.2, 0.25) is 0 Å². The molecule has 1 fully saturated rings. The fourth-order valence-corrected chi connectivity index (χ4v) is 1.90. The van der Waals surface area contributed by atoms with Gasteiger partial charge in [0.1, 0.15) is 0 Å². The zero-order chi connectivity index (χ0) is 11.5. The Kier molecular flexibility index (Phi) is 4.52. The third-order valence-corrected chi connectivity index (χ3v) is 3.52. The summed E-state index contributed by atoms with van der Waals surface area (Å²) in [5, 5.41) is 0. The zero-order valence-corrected chi connectivity index (χ0v) is 10.3. The summed E-state index contributed by atoms with van der Waals surface area (Å²) in [4.78, 5) is 2.37. The van der Waals surface area contributed by atoms with Gasteiger partial charge in [0, 0.05) is 38.8 Å². The molecule has 90 valence electrons. The average Bonchev–Trinajstić information content (AvgIpc) is 3.08. The van der Waals surface area contributed by atoms with Crippen LogP contribution in [0.3, 0.4) is 0 Å². The lowest BCUT2D eigenvalue weighted by Crippen LogP contribution is -2.53. The Bertz CT molecular complexity index is 193. The summed E-state index contributed by atoms with van der Waals surface area (Å²) in [7, 11) is 5.48. The molecule has 0 aliphatic heterocycles. The van der Waals surface area contributed by atoms with Crippen molar-refractivity contribution in [2.75, 3.05) is 27.8 Å². The SMILES string of the molecule is COC(CC(C)(CN)N(C)C1CC1)OC. The Hall–Kier alpha value is -0.160. The minimum Gasteiger partial charge on any atom is -0.356 e. The molecule has 2 N–H and O–H groups in total. The molecule has 0 amide bonds. The molecule has 0 radical (unpaired) electrons. The lowest BCUT2D eigenvalue weighted by molar-refractivity contribution is -0.127. The van der Waals surface area contributed by atoms with Crippen molar-refractivity contribution in [3.05, 3.63) is 0 Å². The highest BCUT2D eigenvalue weighted by molar-refractivity contribution is 4.95. The normalized spacial score (nSPS) is 21.0. The third-order valence-electron chi connectivity index (χ3n) is 3.52. The zero-order valence-electron chi connectivity index (χ0n) is 10.3. The molecule has 0 aromatic heterocycles. The lowest BCUT2D eigenvalue weighted by atomic mass is 9.95. The first-order valence-corrected chi connectivity index (χ1v) is 5.56. The van der Waals surface area contributed by atoms with Gasteiger partial charge in [-0.25, -0.2) is 0 Å². The van der Waals surface area contributed by atoms with E-state index in [9.17, 15) is 0 Å². The van der Waals surface area contributed by atoms with Gasteiger partial charge in [-0.05, 0) is 26.8 Å². The Balaban J connectivity index is 2.57. The largest absolute Gasteiger partial charge is 0.356 e. The topological polar surface area (TPSA) is 47.7 Å². The Morgan fingerprint density at radius 3 is 2.27 bits per heavy atom. The van der Waals surface area contributed by atoms with E-state index in [0.717, 1.165) is 6.42 Å². The highest BCUT2D eigenvalue weighted by atomic mass is 16.7. The number of ether oxygens (including phenoxy) is 2. The number of likely N-dealkylation sites (N-methyl/N-ethyl adjacent to an activating group) is 1. The monoisotopic (exact) mass is 216 g/mol. The van der Waals surface area contributed by atoms with Gasteiger partial charge in [0.15, 0.2) is 6.29 Å². The van der Waals surface area contributed by atoms with Gasteiger partial charge in [0.25, 0.3) is 0 Å². The summed E-state index contributed by atoms with van der Waals surface area (Å²) in [5.74, 6) is 0. The molecule has 4 nitrogen and oxygen atoms in total. The molecule has 1 atom stereocenters. The molecule has 1 aliphatic carbocycles. The number of methoxy groups -OCH3 is 2. The molecule has 0 heterocycles. The van der Waals surface area contributed by atoms with Crippen LogP contribution in [-0.4, -0.2) is 50.6 Å². The van der Waals surface area contributed by atoms with Gasteiger partial charge < -0.3 is 15.2 Å². The summed E-state index contributed by atoms with van der Waals surface area (Å²) in [6.07, 6.45) is 3.22. The summed E-state index contributed by atoms with van der Waals surface area (Å²) >= 11 is 0. The van der Waals surface area contributed by atoms with Crippen LogP contribution in [-0.2, 0) is 9.47 Å². The summed E-state index contributed by atoms with van der Waals surface area (Å²) < 4.78 is 10.5.